The number of benzene rings is 2. The Hall–Kier alpha value is -1.64. The largest absolute Gasteiger partial charge is 0.386 e. The molecule has 0 heterocycles. The molecule has 0 aromatic heterocycles. The van der Waals surface area contributed by atoms with E-state index in [1.54, 1.807) is 0 Å². The lowest BCUT2D eigenvalue weighted by molar-refractivity contribution is 0.128. The van der Waals surface area contributed by atoms with Gasteiger partial charge in [0.05, 0.1) is 12.1 Å². The molecule has 0 bridgehead atoms. The number of aliphatic hydroxyl groups excluding tert-OH is 1. The van der Waals surface area contributed by atoms with E-state index in [1.807, 2.05) is 48.5 Å². The predicted octanol–water partition coefficient (Wildman–Crippen LogP) is 5.41. The minimum atomic E-state index is -0.534. The molecule has 2 atom stereocenters. The summed E-state index contributed by atoms with van der Waals surface area (Å²) in [6, 6.07) is 20.1. The molecule has 2 aromatic rings. The normalized spacial score (nSPS) is 13.6. The zero-order valence-corrected chi connectivity index (χ0v) is 14.8. The molecular formula is C22H31NO. The molecule has 0 aliphatic heterocycles. The number of aliphatic hydroxyl groups is 1. The van der Waals surface area contributed by atoms with Crippen LogP contribution in [-0.2, 0) is 0 Å². The van der Waals surface area contributed by atoms with Crippen LogP contribution in [-0.4, -0.2) is 11.7 Å². The van der Waals surface area contributed by atoms with Gasteiger partial charge in [-0.05, 0) is 24.1 Å². The molecule has 0 fully saturated rings. The van der Waals surface area contributed by atoms with E-state index in [0.29, 0.717) is 0 Å². The van der Waals surface area contributed by atoms with Crippen molar-refractivity contribution in [1.29, 1.82) is 0 Å². The summed E-state index contributed by atoms with van der Waals surface area (Å²) >= 11 is 0. The Kier molecular flexibility index (Phi) is 8.58. The van der Waals surface area contributed by atoms with Crippen molar-refractivity contribution in [2.45, 2.75) is 57.6 Å². The Bertz CT molecular complexity index is 540. The highest BCUT2D eigenvalue weighted by Gasteiger charge is 2.21. The first kappa shape index (κ1) is 18.7. The maximum atomic E-state index is 10.8. The van der Waals surface area contributed by atoms with Crippen molar-refractivity contribution in [3.63, 3.8) is 0 Å². The third-order valence-electron chi connectivity index (χ3n) is 4.51. The molecule has 0 aliphatic rings. The fraction of sp³-hybridized carbons (Fsp3) is 0.455. The SMILES string of the molecule is CCCCCCCCN[C@@H](c1ccccc1)[C@@H](O)c1ccccc1. The van der Waals surface area contributed by atoms with E-state index in [0.717, 1.165) is 24.1 Å². The molecule has 0 radical (unpaired) electrons. The van der Waals surface area contributed by atoms with Crippen molar-refractivity contribution < 1.29 is 5.11 Å². The quantitative estimate of drug-likeness (QED) is 0.541. The van der Waals surface area contributed by atoms with Crippen molar-refractivity contribution in [3.8, 4) is 0 Å². The van der Waals surface area contributed by atoms with Gasteiger partial charge in [-0.3, -0.25) is 0 Å². The third kappa shape index (κ3) is 6.10. The maximum Gasteiger partial charge on any atom is 0.0984 e. The molecule has 24 heavy (non-hydrogen) atoms. The van der Waals surface area contributed by atoms with Crippen LogP contribution in [0.3, 0.4) is 0 Å². The topological polar surface area (TPSA) is 32.3 Å². The second-order valence-corrected chi connectivity index (χ2v) is 6.47. The summed E-state index contributed by atoms with van der Waals surface area (Å²) < 4.78 is 0. The van der Waals surface area contributed by atoms with Gasteiger partial charge < -0.3 is 10.4 Å². The van der Waals surface area contributed by atoms with Crippen LogP contribution in [0.2, 0.25) is 0 Å². The fourth-order valence-electron chi connectivity index (χ4n) is 3.08. The molecule has 0 amide bonds. The average Bonchev–Trinajstić information content (AvgIpc) is 2.65. The molecule has 2 rings (SSSR count). The minimum absolute atomic E-state index is 0.0655. The van der Waals surface area contributed by atoms with Gasteiger partial charge in [0.1, 0.15) is 0 Å². The van der Waals surface area contributed by atoms with Crippen LogP contribution in [0, 0.1) is 0 Å². The standard InChI is InChI=1S/C22H31NO/c1-2-3-4-5-6-13-18-23-21(19-14-9-7-10-15-19)22(24)20-16-11-8-12-17-20/h7-12,14-17,21-24H,2-6,13,18H2,1H3/t21-,22-/m0/s1. The summed E-state index contributed by atoms with van der Waals surface area (Å²) in [4.78, 5) is 0. The van der Waals surface area contributed by atoms with Gasteiger partial charge in [0, 0.05) is 0 Å². The molecule has 0 spiro atoms. The van der Waals surface area contributed by atoms with Gasteiger partial charge in [-0.25, -0.2) is 0 Å². The molecule has 0 saturated heterocycles. The van der Waals surface area contributed by atoms with Crippen LogP contribution in [0.1, 0.15) is 68.7 Å². The third-order valence-corrected chi connectivity index (χ3v) is 4.51. The summed E-state index contributed by atoms with van der Waals surface area (Å²) in [7, 11) is 0. The minimum Gasteiger partial charge on any atom is -0.386 e. The van der Waals surface area contributed by atoms with Gasteiger partial charge in [-0.15, -0.1) is 0 Å². The van der Waals surface area contributed by atoms with Crippen LogP contribution in [0.4, 0.5) is 0 Å². The van der Waals surface area contributed by atoms with Gasteiger partial charge in [-0.2, -0.15) is 0 Å². The van der Waals surface area contributed by atoms with Crippen molar-refractivity contribution in [2.24, 2.45) is 0 Å². The lowest BCUT2D eigenvalue weighted by Gasteiger charge is -2.25. The van der Waals surface area contributed by atoms with Crippen molar-refractivity contribution in [3.05, 3.63) is 71.8 Å². The van der Waals surface area contributed by atoms with Crippen LogP contribution >= 0.6 is 0 Å². The zero-order chi connectivity index (χ0) is 17.0. The molecule has 0 aliphatic carbocycles. The van der Waals surface area contributed by atoms with E-state index in [-0.39, 0.29) is 6.04 Å². The molecule has 2 heteroatoms. The summed E-state index contributed by atoms with van der Waals surface area (Å²) in [6.45, 7) is 3.19. The number of hydrogen-bond acceptors (Lipinski definition) is 2. The van der Waals surface area contributed by atoms with E-state index in [9.17, 15) is 5.11 Å². The second kappa shape index (κ2) is 11.0. The van der Waals surface area contributed by atoms with E-state index < -0.39 is 6.10 Å². The number of unbranched alkanes of at least 4 members (excludes halogenated alkanes) is 5. The molecule has 130 valence electrons. The smallest absolute Gasteiger partial charge is 0.0984 e. The number of hydrogen-bond donors (Lipinski definition) is 2. The lowest BCUT2D eigenvalue weighted by Crippen LogP contribution is -2.28. The van der Waals surface area contributed by atoms with E-state index in [2.05, 4.69) is 24.4 Å². The molecule has 2 aromatic carbocycles. The highest BCUT2D eigenvalue weighted by atomic mass is 16.3. The average molecular weight is 325 g/mol. The van der Waals surface area contributed by atoms with E-state index in [1.165, 1.54) is 32.1 Å². The van der Waals surface area contributed by atoms with Crippen molar-refractivity contribution in [1.82, 2.24) is 5.32 Å². The Morgan fingerprint density at radius 1 is 0.750 bits per heavy atom. The van der Waals surface area contributed by atoms with Gasteiger partial charge in [0.2, 0.25) is 0 Å². The van der Waals surface area contributed by atoms with E-state index >= 15 is 0 Å². The van der Waals surface area contributed by atoms with Crippen molar-refractivity contribution in [2.75, 3.05) is 6.54 Å². The van der Waals surface area contributed by atoms with Crippen molar-refractivity contribution >= 4 is 0 Å². The fourth-order valence-corrected chi connectivity index (χ4v) is 3.08. The second-order valence-electron chi connectivity index (χ2n) is 6.47. The molecule has 0 unspecified atom stereocenters. The highest BCUT2D eigenvalue weighted by Crippen LogP contribution is 2.28. The van der Waals surface area contributed by atoms with Crippen LogP contribution in [0.5, 0.6) is 0 Å². The Morgan fingerprint density at radius 3 is 1.92 bits per heavy atom. The molecule has 2 nitrogen and oxygen atoms in total. The monoisotopic (exact) mass is 325 g/mol. The number of rotatable bonds is 11. The highest BCUT2D eigenvalue weighted by molar-refractivity contribution is 5.26. The lowest BCUT2D eigenvalue weighted by atomic mass is 9.95. The Morgan fingerprint density at radius 2 is 1.29 bits per heavy atom. The van der Waals surface area contributed by atoms with Crippen LogP contribution < -0.4 is 5.32 Å². The Balaban J connectivity index is 1.92. The summed E-state index contributed by atoms with van der Waals surface area (Å²) in [6.07, 6.45) is 7.17. The van der Waals surface area contributed by atoms with E-state index in [4.69, 9.17) is 0 Å². The van der Waals surface area contributed by atoms with Gasteiger partial charge in [-0.1, -0.05) is 99.7 Å². The number of nitrogens with one attached hydrogen (secondary N) is 1. The van der Waals surface area contributed by atoms with Gasteiger partial charge in [0.15, 0.2) is 0 Å². The zero-order valence-electron chi connectivity index (χ0n) is 14.8. The molecular weight excluding hydrogens is 294 g/mol. The molecule has 0 saturated carbocycles. The summed E-state index contributed by atoms with van der Waals surface area (Å²) in [5.41, 5.74) is 2.10. The summed E-state index contributed by atoms with van der Waals surface area (Å²) in [5, 5.41) is 14.4. The predicted molar refractivity (Wildman–Crippen MR) is 102 cm³/mol. The van der Waals surface area contributed by atoms with Crippen LogP contribution in [0.25, 0.3) is 0 Å². The first-order chi connectivity index (χ1) is 11.8. The summed E-state index contributed by atoms with van der Waals surface area (Å²) in [5.74, 6) is 0. The maximum absolute atomic E-state index is 10.8. The molecule has 2 N–H and O–H groups in total. The van der Waals surface area contributed by atoms with Crippen LogP contribution in [0.15, 0.2) is 60.7 Å². The van der Waals surface area contributed by atoms with Gasteiger partial charge in [0.25, 0.3) is 0 Å². The van der Waals surface area contributed by atoms with Gasteiger partial charge >= 0.3 is 0 Å². The first-order valence-electron chi connectivity index (χ1n) is 9.34. The Labute approximate surface area is 146 Å². The first-order valence-corrected chi connectivity index (χ1v) is 9.34.